The molecular weight excluding hydrogens is 314 g/mol. The first-order chi connectivity index (χ1) is 12.0. The second kappa shape index (κ2) is 7.40. The van der Waals surface area contributed by atoms with E-state index in [1.807, 2.05) is 36.7 Å². The summed E-state index contributed by atoms with van der Waals surface area (Å²) in [7, 11) is 0. The van der Waals surface area contributed by atoms with Crippen molar-refractivity contribution >= 4 is 11.6 Å². The summed E-state index contributed by atoms with van der Waals surface area (Å²) in [4.78, 5) is 16.7. The van der Waals surface area contributed by atoms with Crippen LogP contribution in [0.3, 0.4) is 0 Å². The lowest BCUT2D eigenvalue weighted by Crippen LogP contribution is -2.30. The van der Waals surface area contributed by atoms with E-state index in [1.165, 1.54) is 0 Å². The summed E-state index contributed by atoms with van der Waals surface area (Å²) < 4.78 is 2.13. The minimum atomic E-state index is -0.815. The molecule has 2 N–H and O–H groups in total. The average Bonchev–Trinajstić information content (AvgIpc) is 3.16. The number of aliphatic hydroxyl groups is 1. The van der Waals surface area contributed by atoms with Crippen molar-refractivity contribution in [2.75, 3.05) is 5.32 Å². The van der Waals surface area contributed by atoms with Crippen LogP contribution in [0.2, 0.25) is 0 Å². The van der Waals surface area contributed by atoms with Gasteiger partial charge in [0.05, 0.1) is 12.0 Å². The van der Waals surface area contributed by atoms with Gasteiger partial charge in [0.25, 0.3) is 0 Å². The highest BCUT2D eigenvalue weighted by Crippen LogP contribution is 2.32. The maximum atomic E-state index is 12.3. The van der Waals surface area contributed by atoms with E-state index in [4.69, 9.17) is 0 Å². The third-order valence-electron chi connectivity index (χ3n) is 4.85. The zero-order valence-electron chi connectivity index (χ0n) is 15.0. The fraction of sp³-hybridized carbons (Fsp3) is 0.500. The van der Waals surface area contributed by atoms with E-state index in [2.05, 4.69) is 28.7 Å². The maximum absolute atomic E-state index is 12.3. The Balaban J connectivity index is 1.65. The van der Waals surface area contributed by atoms with Gasteiger partial charge in [0.1, 0.15) is 5.82 Å². The number of nitrogens with one attached hydrogen (secondary N) is 1. The molecule has 134 valence electrons. The number of amides is 1. The Hall–Kier alpha value is -2.14. The fourth-order valence-corrected chi connectivity index (χ4v) is 3.61. The van der Waals surface area contributed by atoms with Gasteiger partial charge in [-0.3, -0.25) is 4.79 Å². The van der Waals surface area contributed by atoms with Crippen LogP contribution < -0.4 is 5.32 Å². The Labute approximate surface area is 149 Å². The first-order valence-corrected chi connectivity index (χ1v) is 9.07. The third-order valence-corrected chi connectivity index (χ3v) is 4.85. The number of carbonyl (C=O) groups is 1. The van der Waals surface area contributed by atoms with Gasteiger partial charge in [-0.25, -0.2) is 4.98 Å². The number of nitrogens with zero attached hydrogens (tertiary/aromatic N) is 2. The van der Waals surface area contributed by atoms with E-state index in [0.29, 0.717) is 5.92 Å². The zero-order valence-corrected chi connectivity index (χ0v) is 15.0. The van der Waals surface area contributed by atoms with Crippen LogP contribution in [-0.4, -0.2) is 26.2 Å². The number of hydrogen-bond acceptors (Lipinski definition) is 3. The van der Waals surface area contributed by atoms with Crippen molar-refractivity contribution in [1.82, 2.24) is 9.55 Å². The number of anilines is 1. The number of hydrogen-bond donors (Lipinski definition) is 2. The van der Waals surface area contributed by atoms with Gasteiger partial charge in [0.15, 0.2) is 0 Å². The lowest BCUT2D eigenvalue weighted by molar-refractivity contribution is -0.120. The molecule has 1 aliphatic rings. The molecule has 5 nitrogen and oxygen atoms in total. The van der Waals surface area contributed by atoms with Gasteiger partial charge in [-0.1, -0.05) is 38.8 Å². The molecule has 0 aliphatic heterocycles. The Morgan fingerprint density at radius 1 is 1.36 bits per heavy atom. The minimum Gasteiger partial charge on any atom is -0.389 e. The largest absolute Gasteiger partial charge is 0.389 e. The Bertz CT molecular complexity index is 730. The zero-order chi connectivity index (χ0) is 17.9. The van der Waals surface area contributed by atoms with E-state index in [9.17, 15) is 9.90 Å². The van der Waals surface area contributed by atoms with E-state index in [1.54, 1.807) is 0 Å². The van der Waals surface area contributed by atoms with Gasteiger partial charge >= 0.3 is 0 Å². The predicted octanol–water partition coefficient (Wildman–Crippen LogP) is 3.69. The highest BCUT2D eigenvalue weighted by molar-refractivity contribution is 5.91. The van der Waals surface area contributed by atoms with Crippen LogP contribution in [0.25, 0.3) is 0 Å². The summed E-state index contributed by atoms with van der Waals surface area (Å²) in [5, 5.41) is 13.3. The van der Waals surface area contributed by atoms with Gasteiger partial charge < -0.3 is 15.0 Å². The molecule has 1 aromatic heterocycles. The van der Waals surface area contributed by atoms with Crippen molar-refractivity contribution in [3.05, 3.63) is 48.0 Å². The van der Waals surface area contributed by atoms with Gasteiger partial charge in [-0.05, 0) is 30.5 Å². The van der Waals surface area contributed by atoms with Crippen molar-refractivity contribution < 1.29 is 9.90 Å². The molecule has 1 fully saturated rings. The Morgan fingerprint density at radius 3 is 2.84 bits per heavy atom. The second-order valence-corrected chi connectivity index (χ2v) is 7.42. The molecule has 0 bridgehead atoms. The SMILES string of the molecule is CC(C)c1nccn1Cc1cccc(NC(=O)CC2(O)CCCC2)c1. The fourth-order valence-electron chi connectivity index (χ4n) is 3.61. The summed E-state index contributed by atoms with van der Waals surface area (Å²) in [6, 6.07) is 7.86. The Morgan fingerprint density at radius 2 is 2.12 bits per heavy atom. The molecule has 0 atom stereocenters. The summed E-state index contributed by atoms with van der Waals surface area (Å²) in [5.74, 6) is 1.30. The van der Waals surface area contributed by atoms with Crippen LogP contribution in [0.5, 0.6) is 0 Å². The molecule has 5 heteroatoms. The van der Waals surface area contributed by atoms with Crippen LogP contribution in [0, 0.1) is 0 Å². The molecule has 1 heterocycles. The number of rotatable bonds is 6. The molecule has 0 saturated heterocycles. The first kappa shape index (κ1) is 17.7. The minimum absolute atomic E-state index is 0.118. The smallest absolute Gasteiger partial charge is 0.227 e. The van der Waals surface area contributed by atoms with E-state index < -0.39 is 5.60 Å². The standard InChI is InChI=1S/C20H27N3O2/c1-15(2)19-21-10-11-23(19)14-16-6-5-7-17(12-16)22-18(24)13-20(25)8-3-4-9-20/h5-7,10-12,15,25H,3-4,8-9,13-14H2,1-2H3,(H,22,24). The molecule has 0 radical (unpaired) electrons. The van der Waals surface area contributed by atoms with E-state index in [0.717, 1.165) is 49.3 Å². The van der Waals surface area contributed by atoms with Crippen molar-refractivity contribution in [2.24, 2.45) is 0 Å². The van der Waals surface area contributed by atoms with Gasteiger partial charge in [0, 0.05) is 30.5 Å². The van der Waals surface area contributed by atoms with Gasteiger partial charge in [-0.15, -0.1) is 0 Å². The van der Waals surface area contributed by atoms with E-state index >= 15 is 0 Å². The molecule has 1 aromatic carbocycles. The summed E-state index contributed by atoms with van der Waals surface area (Å²) >= 11 is 0. The van der Waals surface area contributed by atoms with Crippen molar-refractivity contribution in [1.29, 1.82) is 0 Å². The highest BCUT2D eigenvalue weighted by Gasteiger charge is 2.33. The third kappa shape index (κ3) is 4.48. The molecule has 1 aliphatic carbocycles. The van der Waals surface area contributed by atoms with Crippen LogP contribution in [0.15, 0.2) is 36.7 Å². The second-order valence-electron chi connectivity index (χ2n) is 7.42. The van der Waals surface area contributed by atoms with Crippen molar-refractivity contribution in [3.8, 4) is 0 Å². The highest BCUT2D eigenvalue weighted by atomic mass is 16.3. The van der Waals surface area contributed by atoms with Gasteiger partial charge in [-0.2, -0.15) is 0 Å². The normalized spacial score (nSPS) is 16.3. The molecule has 1 saturated carbocycles. The summed E-state index contributed by atoms with van der Waals surface area (Å²) in [6.45, 7) is 4.98. The molecule has 25 heavy (non-hydrogen) atoms. The molecule has 0 unspecified atom stereocenters. The first-order valence-electron chi connectivity index (χ1n) is 9.07. The average molecular weight is 341 g/mol. The van der Waals surface area contributed by atoms with Crippen LogP contribution in [-0.2, 0) is 11.3 Å². The lowest BCUT2D eigenvalue weighted by Gasteiger charge is -2.21. The number of aromatic nitrogens is 2. The molecular formula is C20H27N3O2. The van der Waals surface area contributed by atoms with Crippen molar-refractivity contribution in [3.63, 3.8) is 0 Å². The number of imidazole rings is 1. The molecule has 2 aromatic rings. The predicted molar refractivity (Wildman–Crippen MR) is 98.5 cm³/mol. The van der Waals surface area contributed by atoms with Crippen molar-refractivity contribution in [2.45, 2.75) is 64.0 Å². The van der Waals surface area contributed by atoms with Crippen LogP contribution in [0.1, 0.15) is 63.3 Å². The quantitative estimate of drug-likeness (QED) is 0.842. The molecule has 1 amide bonds. The Kier molecular flexibility index (Phi) is 5.23. The number of benzene rings is 1. The van der Waals surface area contributed by atoms with Gasteiger partial charge in [0.2, 0.25) is 5.91 Å². The summed E-state index contributed by atoms with van der Waals surface area (Å²) in [5.41, 5.74) is 1.07. The topological polar surface area (TPSA) is 67.2 Å². The monoisotopic (exact) mass is 341 g/mol. The van der Waals surface area contributed by atoms with Crippen LogP contribution in [0.4, 0.5) is 5.69 Å². The molecule has 3 rings (SSSR count). The lowest BCUT2D eigenvalue weighted by atomic mass is 9.97. The summed E-state index contributed by atoms with van der Waals surface area (Å²) in [6.07, 6.45) is 7.43. The maximum Gasteiger partial charge on any atom is 0.227 e. The molecule has 0 spiro atoms. The number of carbonyl (C=O) groups excluding carboxylic acids is 1. The van der Waals surface area contributed by atoms with Crippen LogP contribution >= 0.6 is 0 Å². The van der Waals surface area contributed by atoms with E-state index in [-0.39, 0.29) is 12.3 Å².